The van der Waals surface area contributed by atoms with Gasteiger partial charge in [0.2, 0.25) is 0 Å². The van der Waals surface area contributed by atoms with Gasteiger partial charge in [-0.3, -0.25) is 0 Å². The van der Waals surface area contributed by atoms with Crippen molar-refractivity contribution in [3.63, 3.8) is 0 Å². The van der Waals surface area contributed by atoms with Gasteiger partial charge in [0.1, 0.15) is 0 Å². The van der Waals surface area contributed by atoms with E-state index in [0.29, 0.717) is 12.1 Å². The fraction of sp³-hybridized carbons (Fsp3) is 0.875. The number of ether oxygens (including phenoxy) is 1. The number of likely N-dealkylation sites (tertiary alicyclic amines) is 1. The van der Waals surface area contributed by atoms with Crippen LogP contribution in [0.3, 0.4) is 0 Å². The summed E-state index contributed by atoms with van der Waals surface area (Å²) in [5, 5.41) is 8.66. The van der Waals surface area contributed by atoms with E-state index in [2.05, 4.69) is 13.1 Å². The van der Waals surface area contributed by atoms with E-state index in [9.17, 15) is 0 Å². The molecule has 0 saturated carbocycles. The smallest absolute Gasteiger partial charge is 0.179 e. The second-order valence-electron chi connectivity index (χ2n) is 3.02. The number of rotatable bonds is 1. The molecule has 1 fully saturated rings. The van der Waals surface area contributed by atoms with Gasteiger partial charge in [-0.05, 0) is 19.8 Å². The van der Waals surface area contributed by atoms with Crippen molar-refractivity contribution in [1.29, 1.82) is 5.26 Å². The van der Waals surface area contributed by atoms with Crippen LogP contribution in [0.2, 0.25) is 0 Å². The van der Waals surface area contributed by atoms with Crippen molar-refractivity contribution >= 4 is 0 Å². The lowest BCUT2D eigenvalue weighted by Gasteiger charge is -2.32. The molecular formula is C8H14N2O. The molecule has 0 spiro atoms. The standard InChI is InChI=1S/C8H14N2O/c1-7-5-8(11-2)3-4-10(7)6-9/h7-8H,3-5H2,1-2H3. The highest BCUT2D eigenvalue weighted by molar-refractivity contribution is 4.86. The van der Waals surface area contributed by atoms with Gasteiger partial charge in [0.15, 0.2) is 6.19 Å². The molecule has 1 heterocycles. The van der Waals surface area contributed by atoms with Crippen LogP contribution in [0.5, 0.6) is 0 Å². The van der Waals surface area contributed by atoms with Crippen LogP contribution in [0.25, 0.3) is 0 Å². The van der Waals surface area contributed by atoms with Gasteiger partial charge in [-0.2, -0.15) is 5.26 Å². The summed E-state index contributed by atoms with van der Waals surface area (Å²) < 4.78 is 5.22. The molecule has 1 aliphatic rings. The molecule has 0 amide bonds. The molecular weight excluding hydrogens is 140 g/mol. The lowest BCUT2D eigenvalue weighted by molar-refractivity contribution is 0.0349. The highest BCUT2D eigenvalue weighted by Crippen LogP contribution is 2.17. The molecule has 0 aromatic rings. The summed E-state index contributed by atoms with van der Waals surface area (Å²) in [6.45, 7) is 2.91. The molecule has 3 heteroatoms. The molecule has 1 aliphatic heterocycles. The molecule has 3 nitrogen and oxygen atoms in total. The molecule has 2 atom stereocenters. The summed E-state index contributed by atoms with van der Waals surface area (Å²) in [5.41, 5.74) is 0. The van der Waals surface area contributed by atoms with Crippen molar-refractivity contribution in [2.45, 2.75) is 31.9 Å². The van der Waals surface area contributed by atoms with Crippen LogP contribution < -0.4 is 0 Å². The quantitative estimate of drug-likeness (QED) is 0.528. The Morgan fingerprint density at radius 1 is 1.64 bits per heavy atom. The summed E-state index contributed by atoms with van der Waals surface area (Å²) in [7, 11) is 1.74. The van der Waals surface area contributed by atoms with Gasteiger partial charge in [0, 0.05) is 19.7 Å². The summed E-state index contributed by atoms with van der Waals surface area (Å²) in [6.07, 6.45) is 4.49. The summed E-state index contributed by atoms with van der Waals surface area (Å²) in [4.78, 5) is 1.82. The summed E-state index contributed by atoms with van der Waals surface area (Å²) in [6, 6.07) is 0.346. The van der Waals surface area contributed by atoms with E-state index in [1.807, 2.05) is 4.90 Å². The molecule has 0 radical (unpaired) electrons. The lowest BCUT2D eigenvalue weighted by Crippen LogP contribution is -2.40. The van der Waals surface area contributed by atoms with Crippen LogP contribution in [-0.4, -0.2) is 30.7 Å². The monoisotopic (exact) mass is 154 g/mol. The minimum absolute atomic E-state index is 0.346. The third kappa shape index (κ3) is 1.84. The minimum Gasteiger partial charge on any atom is -0.381 e. The Labute approximate surface area is 67.6 Å². The highest BCUT2D eigenvalue weighted by atomic mass is 16.5. The van der Waals surface area contributed by atoms with E-state index in [1.54, 1.807) is 7.11 Å². The van der Waals surface area contributed by atoms with Crippen molar-refractivity contribution in [2.24, 2.45) is 0 Å². The van der Waals surface area contributed by atoms with Gasteiger partial charge < -0.3 is 9.64 Å². The molecule has 0 aromatic carbocycles. The predicted octanol–water partition coefficient (Wildman–Crippen LogP) is 0.967. The van der Waals surface area contributed by atoms with E-state index in [0.717, 1.165) is 19.4 Å². The molecule has 0 bridgehead atoms. The van der Waals surface area contributed by atoms with E-state index in [1.165, 1.54) is 0 Å². The molecule has 0 aliphatic carbocycles. The van der Waals surface area contributed by atoms with Crippen LogP contribution in [0.4, 0.5) is 0 Å². The van der Waals surface area contributed by atoms with Gasteiger partial charge in [-0.1, -0.05) is 0 Å². The van der Waals surface area contributed by atoms with E-state index in [4.69, 9.17) is 10.00 Å². The first-order valence-electron chi connectivity index (χ1n) is 3.97. The fourth-order valence-corrected chi connectivity index (χ4v) is 1.49. The molecule has 62 valence electrons. The van der Waals surface area contributed by atoms with Crippen LogP contribution in [0.15, 0.2) is 0 Å². The Morgan fingerprint density at radius 3 is 2.82 bits per heavy atom. The Balaban J connectivity index is 2.42. The van der Waals surface area contributed by atoms with Crippen LogP contribution in [-0.2, 0) is 4.74 Å². The van der Waals surface area contributed by atoms with Gasteiger partial charge in [-0.25, -0.2) is 0 Å². The average Bonchev–Trinajstić information content (AvgIpc) is 2.04. The lowest BCUT2D eigenvalue weighted by atomic mass is 10.0. The molecule has 0 aromatic heterocycles. The Bertz CT molecular complexity index is 164. The summed E-state index contributed by atoms with van der Waals surface area (Å²) >= 11 is 0. The molecule has 1 saturated heterocycles. The zero-order valence-electron chi connectivity index (χ0n) is 7.08. The second-order valence-corrected chi connectivity index (χ2v) is 3.02. The molecule has 2 unspecified atom stereocenters. The number of hydrogen-bond acceptors (Lipinski definition) is 3. The van der Waals surface area contributed by atoms with Gasteiger partial charge in [0.25, 0.3) is 0 Å². The van der Waals surface area contributed by atoms with Crippen LogP contribution in [0.1, 0.15) is 19.8 Å². The number of hydrogen-bond donors (Lipinski definition) is 0. The van der Waals surface area contributed by atoms with E-state index >= 15 is 0 Å². The molecule has 11 heavy (non-hydrogen) atoms. The minimum atomic E-state index is 0.346. The Hall–Kier alpha value is -0.750. The summed E-state index contributed by atoms with van der Waals surface area (Å²) in [5.74, 6) is 0. The third-order valence-corrected chi connectivity index (χ3v) is 2.29. The third-order valence-electron chi connectivity index (χ3n) is 2.29. The maximum Gasteiger partial charge on any atom is 0.179 e. The maximum atomic E-state index is 8.66. The highest BCUT2D eigenvalue weighted by Gasteiger charge is 2.23. The van der Waals surface area contributed by atoms with Crippen molar-refractivity contribution in [1.82, 2.24) is 4.90 Å². The van der Waals surface area contributed by atoms with E-state index < -0.39 is 0 Å². The van der Waals surface area contributed by atoms with Gasteiger partial charge in [-0.15, -0.1) is 0 Å². The number of nitriles is 1. The largest absolute Gasteiger partial charge is 0.381 e. The van der Waals surface area contributed by atoms with Crippen molar-refractivity contribution in [2.75, 3.05) is 13.7 Å². The Morgan fingerprint density at radius 2 is 2.36 bits per heavy atom. The number of piperidine rings is 1. The number of nitrogens with zero attached hydrogens (tertiary/aromatic N) is 2. The van der Waals surface area contributed by atoms with E-state index in [-0.39, 0.29) is 0 Å². The SMILES string of the molecule is COC1CCN(C#N)C(C)C1. The molecule has 0 N–H and O–H groups in total. The molecule has 1 rings (SSSR count). The van der Waals surface area contributed by atoms with Crippen molar-refractivity contribution in [3.8, 4) is 6.19 Å². The first-order valence-corrected chi connectivity index (χ1v) is 3.97. The van der Waals surface area contributed by atoms with Crippen molar-refractivity contribution in [3.05, 3.63) is 0 Å². The normalized spacial score (nSPS) is 31.5. The topological polar surface area (TPSA) is 36.3 Å². The second kappa shape index (κ2) is 3.59. The van der Waals surface area contributed by atoms with Crippen molar-refractivity contribution < 1.29 is 4.74 Å². The van der Waals surface area contributed by atoms with Crippen LogP contribution >= 0.6 is 0 Å². The average molecular weight is 154 g/mol. The Kier molecular flexibility index (Phi) is 2.72. The predicted molar refractivity (Wildman–Crippen MR) is 41.8 cm³/mol. The van der Waals surface area contributed by atoms with Gasteiger partial charge in [0.05, 0.1) is 6.10 Å². The first-order chi connectivity index (χ1) is 5.27. The van der Waals surface area contributed by atoms with Gasteiger partial charge >= 0.3 is 0 Å². The zero-order chi connectivity index (χ0) is 8.27. The maximum absolute atomic E-state index is 8.66. The first kappa shape index (κ1) is 8.35. The number of methoxy groups -OCH3 is 1. The fourth-order valence-electron chi connectivity index (χ4n) is 1.49. The van der Waals surface area contributed by atoms with Crippen LogP contribution in [0, 0.1) is 11.5 Å². The zero-order valence-corrected chi connectivity index (χ0v) is 7.08.